The molecule has 0 spiro atoms. The molecule has 0 fully saturated rings. The first kappa shape index (κ1) is 15.5. The number of amides is 1. The minimum Gasteiger partial charge on any atom is -0.320 e. The molecule has 1 rings (SSSR count). The van der Waals surface area contributed by atoms with Crippen molar-refractivity contribution in [1.29, 1.82) is 0 Å². The van der Waals surface area contributed by atoms with Crippen LogP contribution in [0.4, 0.5) is 18.9 Å². The molecular weight excluding hydrogens is 257 g/mol. The fourth-order valence-corrected chi connectivity index (χ4v) is 1.72. The molecule has 0 saturated heterocycles. The Morgan fingerprint density at radius 1 is 1.32 bits per heavy atom. The van der Waals surface area contributed by atoms with E-state index >= 15 is 0 Å². The minimum atomic E-state index is -4.46. The van der Waals surface area contributed by atoms with E-state index in [0.29, 0.717) is 13.0 Å². The third kappa shape index (κ3) is 4.24. The van der Waals surface area contributed by atoms with Crippen molar-refractivity contribution < 1.29 is 18.0 Å². The Hall–Kier alpha value is -1.56. The van der Waals surface area contributed by atoms with Crippen molar-refractivity contribution in [1.82, 2.24) is 5.32 Å². The van der Waals surface area contributed by atoms with Crippen LogP contribution in [0.25, 0.3) is 0 Å². The Balaban J connectivity index is 2.87. The molecule has 1 amide bonds. The summed E-state index contributed by atoms with van der Waals surface area (Å²) in [5.74, 6) is -0.327. The van der Waals surface area contributed by atoms with E-state index in [-0.39, 0.29) is 18.0 Å². The topological polar surface area (TPSA) is 32.3 Å². The number of para-hydroxylation sites is 1. The quantitative estimate of drug-likeness (QED) is 0.837. The van der Waals surface area contributed by atoms with E-state index < -0.39 is 11.7 Å². The molecule has 19 heavy (non-hydrogen) atoms. The largest absolute Gasteiger partial charge is 0.418 e. The minimum absolute atomic E-state index is 0.107. The van der Waals surface area contributed by atoms with E-state index in [1.807, 2.05) is 0 Å². The molecule has 0 aliphatic rings. The van der Waals surface area contributed by atoms with Gasteiger partial charge in [-0.3, -0.25) is 4.79 Å². The average Bonchev–Trinajstić information content (AvgIpc) is 2.37. The second-order valence-electron chi connectivity index (χ2n) is 4.17. The summed E-state index contributed by atoms with van der Waals surface area (Å²) in [7, 11) is 3.12. The smallest absolute Gasteiger partial charge is 0.320 e. The van der Waals surface area contributed by atoms with Gasteiger partial charge in [-0.1, -0.05) is 12.1 Å². The third-order valence-electron chi connectivity index (χ3n) is 2.76. The summed E-state index contributed by atoms with van der Waals surface area (Å²) in [5, 5.41) is 2.89. The molecule has 1 aromatic rings. The fourth-order valence-electron chi connectivity index (χ4n) is 1.72. The van der Waals surface area contributed by atoms with E-state index in [0.717, 1.165) is 11.0 Å². The van der Waals surface area contributed by atoms with E-state index in [4.69, 9.17) is 0 Å². The van der Waals surface area contributed by atoms with Gasteiger partial charge in [0.2, 0.25) is 5.91 Å². The van der Waals surface area contributed by atoms with Crippen molar-refractivity contribution in [3.8, 4) is 0 Å². The highest BCUT2D eigenvalue weighted by Crippen LogP contribution is 2.36. The zero-order valence-electron chi connectivity index (χ0n) is 10.9. The summed E-state index contributed by atoms with van der Waals surface area (Å²) < 4.78 is 38.5. The van der Waals surface area contributed by atoms with Crippen LogP contribution in [-0.4, -0.2) is 26.5 Å². The van der Waals surface area contributed by atoms with Gasteiger partial charge in [-0.25, -0.2) is 0 Å². The summed E-state index contributed by atoms with van der Waals surface area (Å²) in [6, 6.07) is 5.08. The lowest BCUT2D eigenvalue weighted by molar-refractivity contribution is -0.137. The van der Waals surface area contributed by atoms with Gasteiger partial charge in [-0.05, 0) is 32.1 Å². The van der Waals surface area contributed by atoms with Crippen molar-refractivity contribution in [2.45, 2.75) is 19.0 Å². The highest BCUT2D eigenvalue weighted by molar-refractivity contribution is 5.93. The Kier molecular flexibility index (Phi) is 5.35. The Morgan fingerprint density at radius 2 is 1.95 bits per heavy atom. The van der Waals surface area contributed by atoms with Crippen LogP contribution in [0.2, 0.25) is 0 Å². The van der Waals surface area contributed by atoms with Gasteiger partial charge in [-0.2, -0.15) is 13.2 Å². The maximum atomic E-state index is 12.8. The van der Waals surface area contributed by atoms with Gasteiger partial charge in [0.25, 0.3) is 0 Å². The lowest BCUT2D eigenvalue weighted by Gasteiger charge is -2.21. The SMILES string of the molecule is CNCCCC(=O)N(C)c1ccccc1C(F)(F)F. The van der Waals surface area contributed by atoms with Crippen LogP contribution in [0.3, 0.4) is 0 Å². The summed E-state index contributed by atoms with van der Waals surface area (Å²) in [5.41, 5.74) is -0.899. The molecule has 0 aromatic heterocycles. The standard InChI is InChI=1S/C13H17F3N2O/c1-17-9-5-8-12(19)18(2)11-7-4-3-6-10(11)13(14,15)16/h3-4,6-7,17H,5,8-9H2,1-2H3. The molecule has 0 saturated carbocycles. The monoisotopic (exact) mass is 274 g/mol. The first-order valence-corrected chi connectivity index (χ1v) is 5.95. The van der Waals surface area contributed by atoms with Crippen molar-refractivity contribution >= 4 is 11.6 Å². The summed E-state index contributed by atoms with van der Waals surface area (Å²) in [6.07, 6.45) is -3.66. The highest BCUT2D eigenvalue weighted by Gasteiger charge is 2.34. The van der Waals surface area contributed by atoms with E-state index in [2.05, 4.69) is 5.32 Å². The number of benzene rings is 1. The van der Waals surface area contributed by atoms with Gasteiger partial charge in [-0.15, -0.1) is 0 Å². The predicted octanol–water partition coefficient (Wildman–Crippen LogP) is 2.67. The summed E-state index contributed by atoms with van der Waals surface area (Å²) in [6.45, 7) is 0.653. The summed E-state index contributed by atoms with van der Waals surface area (Å²) >= 11 is 0. The van der Waals surface area contributed by atoms with Gasteiger partial charge in [0, 0.05) is 13.5 Å². The second-order valence-corrected chi connectivity index (χ2v) is 4.17. The Labute approximate surface area is 110 Å². The van der Waals surface area contributed by atoms with Crippen molar-refractivity contribution in [2.75, 3.05) is 25.5 Å². The molecular formula is C13H17F3N2O. The van der Waals surface area contributed by atoms with Crippen LogP contribution in [0.15, 0.2) is 24.3 Å². The maximum absolute atomic E-state index is 12.8. The van der Waals surface area contributed by atoms with Gasteiger partial charge in [0.1, 0.15) is 0 Å². The molecule has 1 aromatic carbocycles. The zero-order valence-corrected chi connectivity index (χ0v) is 10.9. The van der Waals surface area contributed by atoms with Crippen LogP contribution in [0, 0.1) is 0 Å². The summed E-state index contributed by atoms with van der Waals surface area (Å²) in [4.78, 5) is 12.9. The zero-order chi connectivity index (χ0) is 14.5. The molecule has 6 heteroatoms. The van der Waals surface area contributed by atoms with Crippen molar-refractivity contribution in [2.24, 2.45) is 0 Å². The van der Waals surface area contributed by atoms with Gasteiger partial charge in [0.05, 0.1) is 11.3 Å². The lowest BCUT2D eigenvalue weighted by Crippen LogP contribution is -2.29. The first-order valence-electron chi connectivity index (χ1n) is 5.95. The van der Waals surface area contributed by atoms with E-state index in [1.54, 1.807) is 7.05 Å². The molecule has 0 radical (unpaired) electrons. The van der Waals surface area contributed by atoms with Crippen LogP contribution in [0.1, 0.15) is 18.4 Å². The predicted molar refractivity (Wildman–Crippen MR) is 68.0 cm³/mol. The van der Waals surface area contributed by atoms with Crippen LogP contribution in [0.5, 0.6) is 0 Å². The average molecular weight is 274 g/mol. The van der Waals surface area contributed by atoms with Crippen LogP contribution < -0.4 is 10.2 Å². The molecule has 0 atom stereocenters. The Morgan fingerprint density at radius 3 is 2.53 bits per heavy atom. The number of nitrogens with one attached hydrogen (secondary N) is 1. The number of halogens is 3. The maximum Gasteiger partial charge on any atom is 0.418 e. The third-order valence-corrected chi connectivity index (χ3v) is 2.76. The molecule has 0 aliphatic heterocycles. The Bertz CT molecular complexity index is 432. The van der Waals surface area contributed by atoms with Gasteiger partial charge in [0.15, 0.2) is 0 Å². The van der Waals surface area contributed by atoms with Gasteiger partial charge < -0.3 is 10.2 Å². The van der Waals surface area contributed by atoms with E-state index in [1.165, 1.54) is 25.2 Å². The fraction of sp³-hybridized carbons (Fsp3) is 0.462. The molecule has 0 heterocycles. The number of rotatable bonds is 5. The number of carbonyl (C=O) groups is 1. The number of hydrogen-bond acceptors (Lipinski definition) is 2. The molecule has 0 aliphatic carbocycles. The number of carbonyl (C=O) groups excluding carboxylic acids is 1. The molecule has 0 bridgehead atoms. The van der Waals surface area contributed by atoms with Crippen LogP contribution in [-0.2, 0) is 11.0 Å². The van der Waals surface area contributed by atoms with Crippen molar-refractivity contribution in [3.63, 3.8) is 0 Å². The second kappa shape index (κ2) is 6.56. The van der Waals surface area contributed by atoms with E-state index in [9.17, 15) is 18.0 Å². The van der Waals surface area contributed by atoms with Crippen molar-refractivity contribution in [3.05, 3.63) is 29.8 Å². The number of alkyl halides is 3. The molecule has 106 valence electrons. The number of nitrogens with zero attached hydrogens (tertiary/aromatic N) is 1. The highest BCUT2D eigenvalue weighted by atomic mass is 19.4. The van der Waals surface area contributed by atoms with Gasteiger partial charge >= 0.3 is 6.18 Å². The number of hydrogen-bond donors (Lipinski definition) is 1. The lowest BCUT2D eigenvalue weighted by atomic mass is 10.1. The normalized spacial score (nSPS) is 11.4. The van der Waals surface area contributed by atoms with Crippen LogP contribution >= 0.6 is 0 Å². The molecule has 1 N–H and O–H groups in total. The molecule has 3 nitrogen and oxygen atoms in total. The molecule has 0 unspecified atom stereocenters. The number of anilines is 1. The first-order chi connectivity index (χ1) is 8.88.